The molecule has 1 unspecified atom stereocenters. The van der Waals surface area contributed by atoms with Crippen molar-refractivity contribution in [3.63, 3.8) is 0 Å². The van der Waals surface area contributed by atoms with E-state index in [1.807, 2.05) is 30.3 Å². The van der Waals surface area contributed by atoms with E-state index < -0.39 is 17.7 Å². The van der Waals surface area contributed by atoms with Gasteiger partial charge in [0.1, 0.15) is 17.3 Å². The molecule has 1 aliphatic heterocycles. The van der Waals surface area contributed by atoms with Crippen LogP contribution in [0.3, 0.4) is 0 Å². The molecular weight excluding hydrogens is 430 g/mol. The maximum Gasteiger partial charge on any atom is 0.295 e. The molecule has 182 valence electrons. The summed E-state index contributed by atoms with van der Waals surface area (Å²) in [4.78, 5) is 27.9. The van der Waals surface area contributed by atoms with Crippen molar-refractivity contribution in [1.29, 1.82) is 0 Å². The number of likely N-dealkylation sites (tertiary alicyclic amines) is 1. The summed E-state index contributed by atoms with van der Waals surface area (Å²) in [5.41, 5.74) is 1.94. The lowest BCUT2D eigenvalue weighted by Gasteiger charge is -2.26. The Morgan fingerprint density at radius 1 is 1.03 bits per heavy atom. The molecule has 1 saturated heterocycles. The summed E-state index contributed by atoms with van der Waals surface area (Å²) in [6.45, 7) is 8.68. The Morgan fingerprint density at radius 2 is 1.76 bits per heavy atom. The van der Waals surface area contributed by atoms with Gasteiger partial charge in [0.25, 0.3) is 11.7 Å². The summed E-state index contributed by atoms with van der Waals surface area (Å²) in [6.07, 6.45) is 2.72. The van der Waals surface area contributed by atoms with E-state index in [1.54, 1.807) is 31.3 Å². The van der Waals surface area contributed by atoms with Gasteiger partial charge in [-0.15, -0.1) is 0 Å². The van der Waals surface area contributed by atoms with E-state index in [1.165, 1.54) is 0 Å². The van der Waals surface area contributed by atoms with Crippen molar-refractivity contribution in [2.45, 2.75) is 58.4 Å². The van der Waals surface area contributed by atoms with Gasteiger partial charge < -0.3 is 19.5 Å². The number of hydrogen-bond acceptors (Lipinski definition) is 5. The second kappa shape index (κ2) is 10.3. The molecule has 0 aromatic heterocycles. The van der Waals surface area contributed by atoms with E-state index >= 15 is 0 Å². The van der Waals surface area contributed by atoms with E-state index in [-0.39, 0.29) is 16.7 Å². The molecule has 1 amide bonds. The molecule has 1 heterocycles. The third kappa shape index (κ3) is 4.96. The fraction of sp³-hybridized carbons (Fsp3) is 0.429. The molecule has 0 bridgehead atoms. The number of ketones is 1. The minimum atomic E-state index is -0.688. The zero-order chi connectivity index (χ0) is 25.0. The number of unbranched alkanes of at least 4 members (excludes halogenated alkanes) is 2. The van der Waals surface area contributed by atoms with Crippen LogP contribution in [0.15, 0.2) is 48.0 Å². The fourth-order valence-electron chi connectivity index (χ4n) is 4.40. The molecule has 0 aliphatic carbocycles. The van der Waals surface area contributed by atoms with Gasteiger partial charge in [-0.3, -0.25) is 9.59 Å². The van der Waals surface area contributed by atoms with E-state index in [0.29, 0.717) is 23.6 Å². The van der Waals surface area contributed by atoms with Gasteiger partial charge in [-0.1, -0.05) is 52.7 Å². The predicted molar refractivity (Wildman–Crippen MR) is 133 cm³/mol. The topological polar surface area (TPSA) is 76.1 Å². The molecular formula is C28H35NO5. The number of aliphatic hydroxyl groups is 1. The van der Waals surface area contributed by atoms with Gasteiger partial charge in [-0.2, -0.15) is 0 Å². The summed E-state index contributed by atoms with van der Waals surface area (Å²) in [5.74, 6) is -0.119. The Hall–Kier alpha value is -3.28. The largest absolute Gasteiger partial charge is 0.507 e. The molecule has 2 aromatic rings. The van der Waals surface area contributed by atoms with E-state index in [4.69, 9.17) is 9.47 Å². The lowest BCUT2D eigenvalue weighted by Crippen LogP contribution is -2.30. The summed E-state index contributed by atoms with van der Waals surface area (Å²) in [5, 5.41) is 11.4. The van der Waals surface area contributed by atoms with Crippen LogP contribution in [-0.4, -0.2) is 42.5 Å². The van der Waals surface area contributed by atoms with Crippen molar-refractivity contribution >= 4 is 17.4 Å². The lowest BCUT2D eigenvalue weighted by atomic mass is 9.84. The van der Waals surface area contributed by atoms with Crippen LogP contribution in [0.4, 0.5) is 0 Å². The fourth-order valence-corrected chi connectivity index (χ4v) is 4.40. The highest BCUT2D eigenvalue weighted by atomic mass is 16.5. The Labute approximate surface area is 202 Å². The average molecular weight is 466 g/mol. The lowest BCUT2D eigenvalue weighted by molar-refractivity contribution is -0.139. The maximum atomic E-state index is 13.2. The zero-order valence-corrected chi connectivity index (χ0v) is 21.0. The number of Topliss-reactive ketones (excluding diaryl/α,β-unsaturated/α-hetero) is 1. The zero-order valence-electron chi connectivity index (χ0n) is 21.0. The minimum Gasteiger partial charge on any atom is -0.507 e. The first kappa shape index (κ1) is 25.3. The number of nitrogens with zero attached hydrogens (tertiary/aromatic N) is 1. The predicted octanol–water partition coefficient (Wildman–Crippen LogP) is 5.61. The van der Waals surface area contributed by atoms with E-state index in [2.05, 4.69) is 27.7 Å². The van der Waals surface area contributed by atoms with E-state index in [0.717, 1.165) is 30.4 Å². The van der Waals surface area contributed by atoms with Crippen molar-refractivity contribution in [1.82, 2.24) is 4.90 Å². The molecule has 34 heavy (non-hydrogen) atoms. The number of methoxy groups -OCH3 is 2. The summed E-state index contributed by atoms with van der Waals surface area (Å²) in [6, 6.07) is 12.0. The number of carbonyl (C=O) groups is 2. The Morgan fingerprint density at radius 3 is 2.38 bits per heavy atom. The highest BCUT2D eigenvalue weighted by Crippen LogP contribution is 2.41. The molecule has 1 aliphatic rings. The normalized spacial score (nSPS) is 17.8. The van der Waals surface area contributed by atoms with Crippen molar-refractivity contribution in [2.75, 3.05) is 20.8 Å². The third-order valence-electron chi connectivity index (χ3n) is 6.23. The molecule has 1 N–H and O–H groups in total. The van der Waals surface area contributed by atoms with Crippen LogP contribution < -0.4 is 9.47 Å². The molecule has 1 atom stereocenters. The second-order valence-corrected chi connectivity index (χ2v) is 9.64. The average Bonchev–Trinajstić information content (AvgIpc) is 3.07. The molecule has 0 radical (unpaired) electrons. The first-order valence-corrected chi connectivity index (χ1v) is 11.7. The van der Waals surface area contributed by atoms with Gasteiger partial charge in [0.15, 0.2) is 0 Å². The van der Waals surface area contributed by atoms with Gasteiger partial charge in [0.2, 0.25) is 0 Å². The first-order valence-electron chi connectivity index (χ1n) is 11.7. The Balaban J connectivity index is 2.19. The number of ether oxygens (including phenoxy) is 2. The van der Waals surface area contributed by atoms with Crippen LogP contribution in [-0.2, 0) is 15.0 Å². The number of rotatable bonds is 8. The van der Waals surface area contributed by atoms with Gasteiger partial charge in [-0.25, -0.2) is 0 Å². The van der Waals surface area contributed by atoms with Crippen molar-refractivity contribution in [3.05, 3.63) is 64.7 Å². The van der Waals surface area contributed by atoms with Crippen LogP contribution in [0, 0.1) is 0 Å². The minimum absolute atomic E-state index is 0.0970. The summed E-state index contributed by atoms with van der Waals surface area (Å²) in [7, 11) is 3.18. The molecule has 6 heteroatoms. The molecule has 6 nitrogen and oxygen atoms in total. The van der Waals surface area contributed by atoms with Crippen molar-refractivity contribution < 1.29 is 24.2 Å². The van der Waals surface area contributed by atoms with E-state index in [9.17, 15) is 14.7 Å². The monoisotopic (exact) mass is 465 g/mol. The highest BCUT2D eigenvalue weighted by Gasteiger charge is 2.46. The number of benzene rings is 2. The number of hydrogen-bond donors (Lipinski definition) is 1. The van der Waals surface area contributed by atoms with Crippen molar-refractivity contribution in [3.8, 4) is 11.5 Å². The van der Waals surface area contributed by atoms with Crippen molar-refractivity contribution in [2.24, 2.45) is 0 Å². The van der Waals surface area contributed by atoms with Crippen LogP contribution in [0.1, 0.15) is 69.7 Å². The highest BCUT2D eigenvalue weighted by molar-refractivity contribution is 6.46. The molecule has 2 aromatic carbocycles. The standard InChI is InChI=1S/C28H35NO5/c1-7-8-9-15-29-24(18-11-10-12-20(16-18)33-5)23(26(31)27(29)32)25(30)19-13-14-22(34-6)21(17-19)28(2,3)4/h10-14,16-17,24,30H,7-9,15H2,1-6H3/b25-23-. The van der Waals surface area contributed by atoms with Crippen LogP contribution in [0.5, 0.6) is 11.5 Å². The first-order chi connectivity index (χ1) is 16.1. The third-order valence-corrected chi connectivity index (χ3v) is 6.23. The summed E-state index contributed by atoms with van der Waals surface area (Å²) >= 11 is 0. The van der Waals surface area contributed by atoms with Crippen LogP contribution in [0.2, 0.25) is 0 Å². The number of aliphatic hydroxyl groups excluding tert-OH is 1. The van der Waals surface area contributed by atoms with Crippen LogP contribution >= 0.6 is 0 Å². The SMILES string of the molecule is CCCCCN1C(=O)C(=O)/C(=C(\O)c2ccc(OC)c(C(C)(C)C)c2)C1c1cccc(OC)c1. The molecule has 0 saturated carbocycles. The number of carbonyl (C=O) groups excluding carboxylic acids is 2. The Kier molecular flexibility index (Phi) is 7.70. The smallest absolute Gasteiger partial charge is 0.295 e. The summed E-state index contributed by atoms with van der Waals surface area (Å²) < 4.78 is 10.9. The quantitative estimate of drug-likeness (QED) is 0.237. The van der Waals surface area contributed by atoms with Gasteiger partial charge >= 0.3 is 0 Å². The Bertz CT molecular complexity index is 1100. The van der Waals surface area contributed by atoms with Gasteiger partial charge in [-0.05, 0) is 47.7 Å². The molecule has 3 rings (SSSR count). The second-order valence-electron chi connectivity index (χ2n) is 9.64. The molecule has 1 fully saturated rings. The molecule has 0 spiro atoms. The van der Waals surface area contributed by atoms with Gasteiger partial charge in [0.05, 0.1) is 25.8 Å². The van der Waals surface area contributed by atoms with Crippen LogP contribution in [0.25, 0.3) is 5.76 Å². The maximum absolute atomic E-state index is 13.2. The number of amides is 1. The van der Waals surface area contributed by atoms with Gasteiger partial charge in [0, 0.05) is 17.7 Å².